The zero-order valence-corrected chi connectivity index (χ0v) is 12.1. The SMILES string of the molecule is CN(C(=O)CSC(=N)N=C(N)N)C1CCS(=O)(=O)C1. The van der Waals surface area contributed by atoms with Gasteiger partial charge in [0.15, 0.2) is 21.0 Å². The van der Waals surface area contributed by atoms with E-state index < -0.39 is 9.84 Å². The zero-order chi connectivity index (χ0) is 14.6. The Labute approximate surface area is 116 Å². The van der Waals surface area contributed by atoms with Gasteiger partial charge in [-0.05, 0) is 6.42 Å². The van der Waals surface area contributed by atoms with E-state index in [4.69, 9.17) is 16.9 Å². The molecule has 1 heterocycles. The maximum atomic E-state index is 11.8. The lowest BCUT2D eigenvalue weighted by atomic mass is 10.2. The lowest BCUT2D eigenvalue weighted by molar-refractivity contribution is -0.128. The van der Waals surface area contributed by atoms with Crippen LogP contribution in [0.2, 0.25) is 0 Å². The van der Waals surface area contributed by atoms with Crippen LogP contribution in [0.4, 0.5) is 0 Å². The number of nitrogens with one attached hydrogen (secondary N) is 1. The van der Waals surface area contributed by atoms with Crippen molar-refractivity contribution in [1.82, 2.24) is 4.90 Å². The third-order valence-corrected chi connectivity index (χ3v) is 5.22. The van der Waals surface area contributed by atoms with Gasteiger partial charge < -0.3 is 16.4 Å². The van der Waals surface area contributed by atoms with Crippen LogP contribution in [0, 0.1) is 5.41 Å². The first-order chi connectivity index (χ1) is 8.71. The van der Waals surface area contributed by atoms with Gasteiger partial charge >= 0.3 is 0 Å². The molecule has 0 spiro atoms. The molecule has 0 aliphatic carbocycles. The van der Waals surface area contributed by atoms with Crippen LogP contribution < -0.4 is 11.5 Å². The molecule has 5 N–H and O–H groups in total. The summed E-state index contributed by atoms with van der Waals surface area (Å²) in [4.78, 5) is 16.7. The maximum Gasteiger partial charge on any atom is 0.233 e. The number of sulfone groups is 1. The molecule has 8 nitrogen and oxygen atoms in total. The molecule has 1 aliphatic heterocycles. The van der Waals surface area contributed by atoms with E-state index in [0.717, 1.165) is 11.8 Å². The van der Waals surface area contributed by atoms with Crippen LogP contribution in [0.25, 0.3) is 0 Å². The first-order valence-electron chi connectivity index (χ1n) is 5.48. The number of amidine groups is 1. The van der Waals surface area contributed by atoms with Gasteiger partial charge in [0.25, 0.3) is 0 Å². The second-order valence-electron chi connectivity index (χ2n) is 4.19. The number of carbonyl (C=O) groups excluding carboxylic acids is 1. The van der Waals surface area contributed by atoms with Crippen molar-refractivity contribution in [1.29, 1.82) is 5.41 Å². The average Bonchev–Trinajstić information content (AvgIpc) is 2.64. The maximum absolute atomic E-state index is 11.8. The molecule has 1 aliphatic rings. The third-order valence-electron chi connectivity index (χ3n) is 2.71. The summed E-state index contributed by atoms with van der Waals surface area (Å²) in [5, 5.41) is 7.22. The Morgan fingerprint density at radius 1 is 1.53 bits per heavy atom. The molecule has 19 heavy (non-hydrogen) atoms. The predicted molar refractivity (Wildman–Crippen MR) is 75.8 cm³/mol. The summed E-state index contributed by atoms with van der Waals surface area (Å²) in [6.45, 7) is 0. The Morgan fingerprint density at radius 3 is 2.63 bits per heavy atom. The number of thioether (sulfide) groups is 1. The summed E-state index contributed by atoms with van der Waals surface area (Å²) in [7, 11) is -1.45. The summed E-state index contributed by atoms with van der Waals surface area (Å²) >= 11 is 0.895. The highest BCUT2D eigenvalue weighted by Gasteiger charge is 2.32. The molecule has 0 aromatic heterocycles. The Morgan fingerprint density at radius 2 is 2.16 bits per heavy atom. The molecule has 0 saturated carbocycles. The molecule has 1 rings (SSSR count). The van der Waals surface area contributed by atoms with E-state index in [-0.39, 0.29) is 40.3 Å². The number of hydrogen-bond acceptors (Lipinski definition) is 5. The van der Waals surface area contributed by atoms with E-state index >= 15 is 0 Å². The second kappa shape index (κ2) is 6.24. The van der Waals surface area contributed by atoms with Crippen molar-refractivity contribution in [3.63, 3.8) is 0 Å². The molecule has 0 aromatic rings. The van der Waals surface area contributed by atoms with E-state index in [1.807, 2.05) is 0 Å². The molecular weight excluding hydrogens is 290 g/mol. The standard InChI is InChI=1S/C9H17N5O3S2/c1-14(6-2-3-19(16,17)5-6)7(15)4-18-9(12)13-8(10)11/h6H,2-5H2,1H3,(H5,10,11,12,13). The van der Waals surface area contributed by atoms with Crippen molar-refractivity contribution in [3.8, 4) is 0 Å². The first-order valence-corrected chi connectivity index (χ1v) is 8.29. The van der Waals surface area contributed by atoms with Gasteiger partial charge in [-0.3, -0.25) is 10.2 Å². The summed E-state index contributed by atoms with van der Waals surface area (Å²) in [6.07, 6.45) is 0.459. The van der Waals surface area contributed by atoms with Crippen LogP contribution >= 0.6 is 11.8 Å². The van der Waals surface area contributed by atoms with Crippen LogP contribution in [0.15, 0.2) is 4.99 Å². The first kappa shape index (κ1) is 15.8. The number of amides is 1. The molecular formula is C9H17N5O3S2. The highest BCUT2D eigenvalue weighted by Crippen LogP contribution is 2.17. The van der Waals surface area contributed by atoms with Crippen molar-refractivity contribution in [2.24, 2.45) is 16.5 Å². The number of aliphatic imine (C=N–C) groups is 1. The number of guanidine groups is 1. The fourth-order valence-electron chi connectivity index (χ4n) is 1.67. The highest BCUT2D eigenvalue weighted by molar-refractivity contribution is 8.14. The number of hydrogen-bond donors (Lipinski definition) is 3. The van der Waals surface area contributed by atoms with Gasteiger partial charge in [-0.25, -0.2) is 8.42 Å². The van der Waals surface area contributed by atoms with Gasteiger partial charge in [-0.2, -0.15) is 4.99 Å². The van der Waals surface area contributed by atoms with Crippen LogP contribution in [0.5, 0.6) is 0 Å². The zero-order valence-electron chi connectivity index (χ0n) is 10.5. The van der Waals surface area contributed by atoms with Crippen LogP contribution in [-0.2, 0) is 14.6 Å². The Balaban J connectivity index is 2.46. The van der Waals surface area contributed by atoms with Gasteiger partial charge in [-0.1, -0.05) is 11.8 Å². The van der Waals surface area contributed by atoms with E-state index in [9.17, 15) is 13.2 Å². The number of nitrogens with two attached hydrogens (primary N) is 2. The Hall–Kier alpha value is -1.29. The van der Waals surface area contributed by atoms with Gasteiger partial charge in [0.05, 0.1) is 17.3 Å². The van der Waals surface area contributed by atoms with E-state index in [0.29, 0.717) is 6.42 Å². The van der Waals surface area contributed by atoms with Gasteiger partial charge in [0.2, 0.25) is 5.91 Å². The van der Waals surface area contributed by atoms with Crippen LogP contribution in [-0.4, -0.2) is 60.7 Å². The minimum atomic E-state index is -3.02. The van der Waals surface area contributed by atoms with Crippen molar-refractivity contribution in [2.75, 3.05) is 24.3 Å². The largest absolute Gasteiger partial charge is 0.370 e. The summed E-state index contributed by atoms with van der Waals surface area (Å²) in [5.74, 6) is -0.358. The van der Waals surface area contributed by atoms with E-state index in [1.165, 1.54) is 4.90 Å². The molecule has 1 atom stereocenters. The van der Waals surface area contributed by atoms with Crippen molar-refractivity contribution in [3.05, 3.63) is 0 Å². The average molecular weight is 307 g/mol. The molecule has 108 valence electrons. The Bertz CT molecular complexity index is 498. The normalized spacial score (nSPS) is 20.8. The molecule has 1 amide bonds. The fraction of sp³-hybridized carbons (Fsp3) is 0.667. The van der Waals surface area contributed by atoms with Gasteiger partial charge in [0, 0.05) is 13.1 Å². The molecule has 0 aromatic carbocycles. The monoisotopic (exact) mass is 307 g/mol. The quantitative estimate of drug-likeness (QED) is 0.431. The summed E-state index contributed by atoms with van der Waals surface area (Å²) in [5.41, 5.74) is 10.2. The molecule has 1 fully saturated rings. The number of rotatable bonds is 3. The summed E-state index contributed by atoms with van der Waals surface area (Å²) in [6, 6.07) is -0.282. The van der Waals surface area contributed by atoms with Crippen molar-refractivity contribution >= 4 is 38.6 Å². The van der Waals surface area contributed by atoms with E-state index in [1.54, 1.807) is 7.05 Å². The lowest BCUT2D eigenvalue weighted by Gasteiger charge is -2.23. The van der Waals surface area contributed by atoms with Gasteiger partial charge in [-0.15, -0.1) is 0 Å². The topological polar surface area (TPSA) is 143 Å². The summed E-state index contributed by atoms with van der Waals surface area (Å²) < 4.78 is 22.7. The molecule has 1 saturated heterocycles. The minimum Gasteiger partial charge on any atom is -0.370 e. The van der Waals surface area contributed by atoms with Crippen LogP contribution in [0.3, 0.4) is 0 Å². The third kappa shape index (κ3) is 5.07. The Kier molecular flexibility index (Phi) is 5.18. The van der Waals surface area contributed by atoms with Crippen LogP contribution in [0.1, 0.15) is 6.42 Å². The highest BCUT2D eigenvalue weighted by atomic mass is 32.2. The molecule has 0 bridgehead atoms. The minimum absolute atomic E-state index is 0.00264. The van der Waals surface area contributed by atoms with Crippen molar-refractivity contribution in [2.45, 2.75) is 12.5 Å². The van der Waals surface area contributed by atoms with E-state index in [2.05, 4.69) is 4.99 Å². The number of carbonyl (C=O) groups is 1. The number of nitrogens with zero attached hydrogens (tertiary/aromatic N) is 2. The molecule has 1 unspecified atom stereocenters. The lowest BCUT2D eigenvalue weighted by Crippen LogP contribution is -2.39. The van der Waals surface area contributed by atoms with Crippen molar-refractivity contribution < 1.29 is 13.2 Å². The molecule has 10 heteroatoms. The fourth-order valence-corrected chi connectivity index (χ4v) is 4.07. The molecule has 0 radical (unpaired) electrons. The van der Waals surface area contributed by atoms with Gasteiger partial charge in [0.1, 0.15) is 0 Å². The second-order valence-corrected chi connectivity index (χ2v) is 7.38. The smallest absolute Gasteiger partial charge is 0.233 e. The predicted octanol–water partition coefficient (Wildman–Crippen LogP) is -1.43.